The maximum Gasteiger partial charge on any atom is 0.261 e. The Hall–Kier alpha value is 0.300. The van der Waals surface area contributed by atoms with E-state index in [4.69, 9.17) is 0 Å². The van der Waals surface area contributed by atoms with Gasteiger partial charge >= 0.3 is 0 Å². The summed E-state index contributed by atoms with van der Waals surface area (Å²) < 4.78 is 27.6. The average Bonchev–Trinajstić information content (AvgIpc) is 1.96. The molecule has 0 atom stereocenters. The van der Waals surface area contributed by atoms with Gasteiger partial charge in [-0.3, -0.25) is 0 Å². The van der Waals surface area contributed by atoms with Gasteiger partial charge in [0.1, 0.15) is 6.61 Å². The van der Waals surface area contributed by atoms with Gasteiger partial charge in [-0.15, -0.1) is 0 Å². The van der Waals surface area contributed by atoms with Crippen LogP contribution in [0.4, 0.5) is 8.78 Å². The first-order valence-electron chi connectivity index (χ1n) is 3.69. The molecular weight excluding hydrogens is 218 g/mol. The molecule has 68 valence electrons. The molecule has 0 saturated heterocycles. The Balaban J connectivity index is 2.80. The third-order valence-corrected chi connectivity index (χ3v) is 1.73. The number of rotatable bonds is 7. The van der Waals surface area contributed by atoms with Crippen LogP contribution in [0.3, 0.4) is 0 Å². The summed E-state index contributed by atoms with van der Waals surface area (Å²) >= 11 is 3.28. The van der Waals surface area contributed by atoms with Crippen molar-refractivity contribution in [1.29, 1.82) is 0 Å². The van der Waals surface area contributed by atoms with Crippen molar-refractivity contribution in [3.8, 4) is 0 Å². The van der Waals surface area contributed by atoms with Crippen molar-refractivity contribution in [2.24, 2.45) is 0 Å². The molecule has 0 saturated carbocycles. The molecule has 0 spiro atoms. The van der Waals surface area contributed by atoms with Gasteiger partial charge in [0.2, 0.25) is 0 Å². The molecule has 0 radical (unpaired) electrons. The number of hydrogen-bond acceptors (Lipinski definition) is 1. The summed E-state index contributed by atoms with van der Waals surface area (Å²) in [6.45, 7) is 0.0334. The summed E-state index contributed by atoms with van der Waals surface area (Å²) in [7, 11) is 0. The maximum absolute atomic E-state index is 11.5. The van der Waals surface area contributed by atoms with Crippen LogP contribution < -0.4 is 0 Å². The lowest BCUT2D eigenvalue weighted by Gasteiger charge is -2.01. The van der Waals surface area contributed by atoms with Crippen LogP contribution in [-0.4, -0.2) is 25.0 Å². The van der Waals surface area contributed by atoms with Crippen molar-refractivity contribution in [3.63, 3.8) is 0 Å². The number of unbranched alkanes of at least 4 members (excludes halogenated alkanes) is 2. The molecule has 1 nitrogen and oxygen atoms in total. The van der Waals surface area contributed by atoms with Crippen LogP contribution >= 0.6 is 15.9 Å². The molecule has 0 heterocycles. The number of alkyl halides is 3. The van der Waals surface area contributed by atoms with Gasteiger partial charge in [0.05, 0.1) is 0 Å². The first-order chi connectivity index (χ1) is 5.27. The predicted octanol–water partition coefficient (Wildman–Crippen LogP) is 2.83. The summed E-state index contributed by atoms with van der Waals surface area (Å²) in [4.78, 5) is 0. The van der Waals surface area contributed by atoms with E-state index >= 15 is 0 Å². The number of halogens is 3. The summed E-state index contributed by atoms with van der Waals surface area (Å²) in [6, 6.07) is 0. The Bertz CT molecular complexity index is 80.8. The lowest BCUT2D eigenvalue weighted by atomic mass is 10.3. The van der Waals surface area contributed by atoms with E-state index in [0.717, 1.165) is 24.6 Å². The molecule has 0 N–H and O–H groups in total. The lowest BCUT2D eigenvalue weighted by molar-refractivity contribution is 0.0163. The molecule has 0 unspecified atom stereocenters. The Morgan fingerprint density at radius 3 is 2.45 bits per heavy atom. The molecule has 11 heavy (non-hydrogen) atoms. The molecule has 0 aliphatic heterocycles. The van der Waals surface area contributed by atoms with E-state index in [9.17, 15) is 8.78 Å². The first kappa shape index (κ1) is 11.3. The zero-order valence-electron chi connectivity index (χ0n) is 6.36. The van der Waals surface area contributed by atoms with E-state index in [1.54, 1.807) is 0 Å². The third kappa shape index (κ3) is 10.3. The Kier molecular flexibility index (Phi) is 8.63. The summed E-state index contributed by atoms with van der Waals surface area (Å²) in [5.74, 6) is 0. The molecule has 0 aliphatic carbocycles. The van der Waals surface area contributed by atoms with Crippen LogP contribution in [0.15, 0.2) is 0 Å². The van der Waals surface area contributed by atoms with Gasteiger partial charge in [-0.2, -0.15) is 0 Å². The highest BCUT2D eigenvalue weighted by Gasteiger charge is 2.00. The molecule has 0 aromatic rings. The van der Waals surface area contributed by atoms with E-state index in [1.807, 2.05) is 0 Å². The minimum atomic E-state index is -2.33. The van der Waals surface area contributed by atoms with Crippen LogP contribution in [0, 0.1) is 0 Å². The fourth-order valence-electron chi connectivity index (χ4n) is 0.648. The van der Waals surface area contributed by atoms with Crippen molar-refractivity contribution >= 4 is 15.9 Å². The first-order valence-corrected chi connectivity index (χ1v) is 4.81. The Labute approximate surface area is 74.2 Å². The predicted molar refractivity (Wildman–Crippen MR) is 44.5 cm³/mol. The highest BCUT2D eigenvalue weighted by Crippen LogP contribution is 2.00. The normalized spacial score (nSPS) is 10.9. The van der Waals surface area contributed by atoms with Crippen molar-refractivity contribution < 1.29 is 13.5 Å². The van der Waals surface area contributed by atoms with E-state index in [1.165, 1.54) is 0 Å². The van der Waals surface area contributed by atoms with Gasteiger partial charge in [0, 0.05) is 11.9 Å². The van der Waals surface area contributed by atoms with Crippen molar-refractivity contribution in [3.05, 3.63) is 0 Å². The standard InChI is InChI=1S/C7H13BrF2O/c8-4-2-1-3-5-11-6-7(9)10/h7H,1-6H2. The Morgan fingerprint density at radius 2 is 1.91 bits per heavy atom. The second kappa shape index (κ2) is 8.40. The van der Waals surface area contributed by atoms with Crippen molar-refractivity contribution in [2.75, 3.05) is 18.5 Å². The fourth-order valence-corrected chi connectivity index (χ4v) is 1.04. The molecule has 0 fully saturated rings. The van der Waals surface area contributed by atoms with Crippen molar-refractivity contribution in [2.45, 2.75) is 25.7 Å². The second-order valence-electron chi connectivity index (χ2n) is 2.22. The topological polar surface area (TPSA) is 9.23 Å². The highest BCUT2D eigenvalue weighted by atomic mass is 79.9. The zero-order chi connectivity index (χ0) is 8.53. The van der Waals surface area contributed by atoms with Crippen LogP contribution in [0.5, 0.6) is 0 Å². The van der Waals surface area contributed by atoms with Crippen molar-refractivity contribution in [1.82, 2.24) is 0 Å². The van der Waals surface area contributed by atoms with Gasteiger partial charge in [-0.05, 0) is 12.8 Å². The molecular formula is C7H13BrF2O. The molecule has 0 amide bonds. The summed E-state index contributed by atoms with van der Waals surface area (Å²) in [5.41, 5.74) is 0. The second-order valence-corrected chi connectivity index (χ2v) is 3.01. The Morgan fingerprint density at radius 1 is 1.18 bits per heavy atom. The van der Waals surface area contributed by atoms with Gasteiger partial charge < -0.3 is 4.74 Å². The molecule has 0 aliphatic rings. The minimum absolute atomic E-state index is 0.422. The van der Waals surface area contributed by atoms with E-state index in [-0.39, 0.29) is 0 Å². The fraction of sp³-hybridized carbons (Fsp3) is 1.00. The minimum Gasteiger partial charge on any atom is -0.376 e. The van der Waals surface area contributed by atoms with Gasteiger partial charge in [-0.25, -0.2) is 8.78 Å². The van der Waals surface area contributed by atoms with Gasteiger partial charge in [0.25, 0.3) is 6.43 Å². The molecule has 0 bridgehead atoms. The largest absolute Gasteiger partial charge is 0.376 e. The summed E-state index contributed by atoms with van der Waals surface area (Å²) in [6.07, 6.45) is 0.663. The van der Waals surface area contributed by atoms with Crippen LogP contribution in [0.2, 0.25) is 0 Å². The zero-order valence-corrected chi connectivity index (χ0v) is 7.95. The van der Waals surface area contributed by atoms with Crippen LogP contribution in [0.1, 0.15) is 19.3 Å². The van der Waals surface area contributed by atoms with E-state index < -0.39 is 13.0 Å². The van der Waals surface area contributed by atoms with Gasteiger partial charge in [0.15, 0.2) is 0 Å². The molecule has 4 heteroatoms. The quantitative estimate of drug-likeness (QED) is 0.483. The van der Waals surface area contributed by atoms with E-state index in [0.29, 0.717) is 6.61 Å². The summed E-state index contributed by atoms with van der Waals surface area (Å²) in [5, 5.41) is 0.974. The molecule has 0 rings (SSSR count). The van der Waals surface area contributed by atoms with Crippen LogP contribution in [-0.2, 0) is 4.74 Å². The molecule has 0 aromatic heterocycles. The SMILES string of the molecule is FC(F)COCCCCCBr. The monoisotopic (exact) mass is 230 g/mol. The lowest BCUT2D eigenvalue weighted by Crippen LogP contribution is -2.05. The van der Waals surface area contributed by atoms with E-state index in [2.05, 4.69) is 20.7 Å². The number of ether oxygens (including phenoxy) is 1. The third-order valence-electron chi connectivity index (χ3n) is 1.17. The van der Waals surface area contributed by atoms with Crippen LogP contribution in [0.25, 0.3) is 0 Å². The highest BCUT2D eigenvalue weighted by molar-refractivity contribution is 9.09. The van der Waals surface area contributed by atoms with Gasteiger partial charge in [-0.1, -0.05) is 22.4 Å². The average molecular weight is 231 g/mol. The maximum atomic E-state index is 11.5. The number of hydrogen-bond donors (Lipinski definition) is 0. The molecule has 0 aromatic carbocycles. The smallest absolute Gasteiger partial charge is 0.261 e.